The molecule has 1 aromatic rings. The molecule has 2 aliphatic heterocycles. The monoisotopic (exact) mass is 342 g/mol. The molecule has 1 aromatic carbocycles. The lowest BCUT2D eigenvalue weighted by Gasteiger charge is -2.33. The quantitative estimate of drug-likeness (QED) is 0.919. The second kappa shape index (κ2) is 7.47. The highest BCUT2D eigenvalue weighted by molar-refractivity contribution is 6.30. The second-order valence-electron chi connectivity index (χ2n) is 5.80. The third-order valence-electron chi connectivity index (χ3n) is 4.17. The Hall–Kier alpha value is -1.37. The lowest BCUT2D eigenvalue weighted by Crippen LogP contribution is -2.48. The highest BCUT2D eigenvalue weighted by Crippen LogP contribution is 2.26. The van der Waals surface area contributed by atoms with E-state index in [4.69, 9.17) is 21.1 Å². The van der Waals surface area contributed by atoms with Crippen LogP contribution in [0.15, 0.2) is 18.2 Å². The van der Waals surface area contributed by atoms with Gasteiger partial charge in [0.2, 0.25) is 0 Å². The summed E-state index contributed by atoms with van der Waals surface area (Å²) in [5, 5.41) is 2.97. The summed E-state index contributed by atoms with van der Waals surface area (Å²) < 4.78 is 24.4. The summed E-state index contributed by atoms with van der Waals surface area (Å²) in [6.45, 7) is 2.68. The maximum atomic E-state index is 13.3. The van der Waals surface area contributed by atoms with E-state index >= 15 is 0 Å². The van der Waals surface area contributed by atoms with Crippen molar-refractivity contribution in [2.24, 2.45) is 0 Å². The first-order valence-corrected chi connectivity index (χ1v) is 8.22. The van der Waals surface area contributed by atoms with Crippen molar-refractivity contribution >= 4 is 17.6 Å². The van der Waals surface area contributed by atoms with E-state index in [-0.39, 0.29) is 23.3 Å². The number of carbonyl (C=O) groups excluding carboxylic acids is 1. The summed E-state index contributed by atoms with van der Waals surface area (Å²) in [6.07, 6.45) is 1.85. The lowest BCUT2D eigenvalue weighted by molar-refractivity contribution is -0.0158. The first-order chi connectivity index (χ1) is 11.1. The molecule has 7 heteroatoms. The molecule has 5 nitrogen and oxygen atoms in total. The highest BCUT2D eigenvalue weighted by Gasteiger charge is 2.26. The predicted octanol–water partition coefficient (Wildman–Crippen LogP) is 2.74. The number of urea groups is 1. The summed E-state index contributed by atoms with van der Waals surface area (Å²) in [5.74, 6) is -0.461. The Morgan fingerprint density at radius 3 is 3.00 bits per heavy atom. The number of nitrogens with one attached hydrogen (secondary N) is 1. The van der Waals surface area contributed by atoms with Gasteiger partial charge in [0.05, 0.1) is 24.3 Å². The fourth-order valence-electron chi connectivity index (χ4n) is 2.87. The van der Waals surface area contributed by atoms with Crippen LogP contribution in [0.5, 0.6) is 0 Å². The first-order valence-electron chi connectivity index (χ1n) is 7.84. The topological polar surface area (TPSA) is 50.8 Å². The van der Waals surface area contributed by atoms with Crippen molar-refractivity contribution in [1.29, 1.82) is 0 Å². The Morgan fingerprint density at radius 1 is 1.39 bits per heavy atom. The molecule has 0 aromatic heterocycles. The molecule has 3 rings (SSSR count). The van der Waals surface area contributed by atoms with Gasteiger partial charge >= 0.3 is 6.03 Å². The van der Waals surface area contributed by atoms with Gasteiger partial charge in [-0.05, 0) is 30.5 Å². The molecule has 2 amide bonds. The van der Waals surface area contributed by atoms with E-state index < -0.39 is 5.82 Å². The van der Waals surface area contributed by atoms with Crippen LogP contribution in [0.25, 0.3) is 0 Å². The molecule has 2 atom stereocenters. The molecular formula is C16H20ClFN2O3. The van der Waals surface area contributed by atoms with E-state index in [1.165, 1.54) is 6.07 Å². The normalized spacial score (nSPS) is 24.7. The Morgan fingerprint density at radius 2 is 2.26 bits per heavy atom. The number of halogens is 2. The smallest absolute Gasteiger partial charge is 0.317 e. The molecule has 0 bridgehead atoms. The van der Waals surface area contributed by atoms with Crippen LogP contribution in [-0.4, -0.2) is 49.9 Å². The summed E-state index contributed by atoms with van der Waals surface area (Å²) in [7, 11) is 0. The number of amides is 2. The van der Waals surface area contributed by atoms with Crippen molar-refractivity contribution in [1.82, 2.24) is 10.2 Å². The molecule has 0 aliphatic carbocycles. The molecule has 2 fully saturated rings. The van der Waals surface area contributed by atoms with Crippen LogP contribution in [0.4, 0.5) is 9.18 Å². The zero-order valence-corrected chi connectivity index (χ0v) is 13.5. The molecule has 0 unspecified atom stereocenters. The lowest BCUT2D eigenvalue weighted by atomic mass is 10.1. The fourth-order valence-corrected chi connectivity index (χ4v) is 3.06. The molecule has 0 radical (unpaired) electrons. The van der Waals surface area contributed by atoms with Gasteiger partial charge in [0, 0.05) is 19.7 Å². The number of nitrogens with zero attached hydrogens (tertiary/aromatic N) is 1. The SMILES string of the molecule is O=C(NC[C@H]1CCCO1)N1CCO[C@H](c2ccc(F)c(Cl)c2)C1. The first kappa shape index (κ1) is 16.5. The van der Waals surface area contributed by atoms with Gasteiger partial charge in [0.15, 0.2) is 0 Å². The number of benzene rings is 1. The summed E-state index contributed by atoms with van der Waals surface area (Å²) in [6, 6.07) is 4.38. The number of rotatable bonds is 3. The van der Waals surface area contributed by atoms with E-state index in [0.29, 0.717) is 26.2 Å². The number of carbonyl (C=O) groups is 1. The van der Waals surface area contributed by atoms with Crippen molar-refractivity contribution in [3.05, 3.63) is 34.6 Å². The fraction of sp³-hybridized carbons (Fsp3) is 0.562. The zero-order chi connectivity index (χ0) is 16.2. The molecule has 126 valence electrons. The van der Waals surface area contributed by atoms with Crippen molar-refractivity contribution in [2.45, 2.75) is 25.0 Å². The molecule has 1 N–H and O–H groups in total. The van der Waals surface area contributed by atoms with E-state index in [9.17, 15) is 9.18 Å². The third-order valence-corrected chi connectivity index (χ3v) is 4.46. The van der Waals surface area contributed by atoms with Crippen molar-refractivity contribution in [2.75, 3.05) is 32.8 Å². The molecule has 0 spiro atoms. The minimum atomic E-state index is -0.461. The average Bonchev–Trinajstić information content (AvgIpc) is 3.09. The van der Waals surface area contributed by atoms with Crippen molar-refractivity contribution in [3.63, 3.8) is 0 Å². The van der Waals surface area contributed by atoms with Gasteiger partial charge < -0.3 is 19.7 Å². The molecule has 23 heavy (non-hydrogen) atoms. The van der Waals surface area contributed by atoms with Gasteiger partial charge in [0.25, 0.3) is 0 Å². The Labute approximate surface area is 139 Å². The van der Waals surface area contributed by atoms with Gasteiger partial charge in [-0.25, -0.2) is 9.18 Å². The van der Waals surface area contributed by atoms with Crippen LogP contribution < -0.4 is 5.32 Å². The highest BCUT2D eigenvalue weighted by atomic mass is 35.5. The van der Waals surface area contributed by atoms with Crippen LogP contribution in [0, 0.1) is 5.82 Å². The minimum absolute atomic E-state index is 0.0612. The second-order valence-corrected chi connectivity index (χ2v) is 6.21. The zero-order valence-electron chi connectivity index (χ0n) is 12.8. The molecular weight excluding hydrogens is 323 g/mol. The minimum Gasteiger partial charge on any atom is -0.376 e. The molecule has 2 aliphatic rings. The van der Waals surface area contributed by atoms with Gasteiger partial charge in [-0.15, -0.1) is 0 Å². The van der Waals surface area contributed by atoms with Crippen LogP contribution in [0.1, 0.15) is 24.5 Å². The van der Waals surface area contributed by atoms with Gasteiger partial charge in [-0.1, -0.05) is 17.7 Å². The Bertz CT molecular complexity index is 566. The number of ether oxygens (including phenoxy) is 2. The van der Waals surface area contributed by atoms with Gasteiger partial charge in [-0.2, -0.15) is 0 Å². The van der Waals surface area contributed by atoms with E-state index in [1.54, 1.807) is 17.0 Å². The van der Waals surface area contributed by atoms with Gasteiger partial charge in [-0.3, -0.25) is 0 Å². The molecule has 2 saturated heterocycles. The van der Waals surface area contributed by atoms with E-state index in [1.807, 2.05) is 0 Å². The van der Waals surface area contributed by atoms with Crippen LogP contribution in [0.2, 0.25) is 5.02 Å². The average molecular weight is 343 g/mol. The van der Waals surface area contributed by atoms with Crippen molar-refractivity contribution in [3.8, 4) is 0 Å². The Balaban J connectivity index is 1.56. The largest absolute Gasteiger partial charge is 0.376 e. The molecule has 2 heterocycles. The van der Waals surface area contributed by atoms with Crippen molar-refractivity contribution < 1.29 is 18.7 Å². The number of morpholine rings is 1. The summed E-state index contributed by atoms with van der Waals surface area (Å²) in [5.41, 5.74) is 0.771. The number of hydrogen-bond donors (Lipinski definition) is 1. The van der Waals surface area contributed by atoms with E-state index in [0.717, 1.165) is 25.0 Å². The summed E-state index contributed by atoms with van der Waals surface area (Å²) in [4.78, 5) is 14.0. The van der Waals surface area contributed by atoms with Crippen LogP contribution >= 0.6 is 11.6 Å². The van der Waals surface area contributed by atoms with Gasteiger partial charge in [0.1, 0.15) is 11.9 Å². The van der Waals surface area contributed by atoms with Crippen LogP contribution in [0.3, 0.4) is 0 Å². The maximum Gasteiger partial charge on any atom is 0.317 e. The maximum absolute atomic E-state index is 13.3. The van der Waals surface area contributed by atoms with Crippen LogP contribution in [-0.2, 0) is 9.47 Å². The summed E-state index contributed by atoms with van der Waals surface area (Å²) >= 11 is 5.82. The third kappa shape index (κ3) is 4.13. The number of hydrogen-bond acceptors (Lipinski definition) is 3. The Kier molecular flexibility index (Phi) is 5.35. The standard InChI is InChI=1S/C16H20ClFN2O3/c17-13-8-11(3-4-14(13)18)15-10-20(5-7-23-15)16(21)19-9-12-2-1-6-22-12/h3-4,8,12,15H,1-2,5-7,9-10H2,(H,19,21)/t12-,15+/m1/s1. The molecule has 0 saturated carbocycles. The predicted molar refractivity (Wildman–Crippen MR) is 84.0 cm³/mol. The van der Waals surface area contributed by atoms with E-state index in [2.05, 4.69) is 5.32 Å².